The van der Waals surface area contributed by atoms with Crippen molar-refractivity contribution in [3.63, 3.8) is 0 Å². The van der Waals surface area contributed by atoms with Crippen LogP contribution in [-0.4, -0.2) is 21.6 Å². The Hall–Kier alpha value is -1.98. The van der Waals surface area contributed by atoms with Crippen LogP contribution in [0.1, 0.15) is 47.5 Å². The van der Waals surface area contributed by atoms with Crippen molar-refractivity contribution >= 4 is 29.1 Å². The number of nitrogens with zero attached hydrogens (tertiary/aromatic N) is 1. The molecule has 1 aromatic carbocycles. The molecule has 2 N–H and O–H groups in total. The van der Waals surface area contributed by atoms with Crippen molar-refractivity contribution in [2.75, 3.05) is 0 Å². The van der Waals surface area contributed by atoms with E-state index in [2.05, 4.69) is 5.32 Å². The summed E-state index contributed by atoms with van der Waals surface area (Å²) < 4.78 is 1.09. The Morgan fingerprint density at radius 1 is 1.15 bits per heavy atom. The Morgan fingerprint density at radius 3 is 2.38 bits per heavy atom. The van der Waals surface area contributed by atoms with Crippen molar-refractivity contribution in [3.8, 4) is 5.75 Å². The molecule has 1 fully saturated rings. The normalized spacial score (nSPS) is 20.0. The first kappa shape index (κ1) is 18.8. The van der Waals surface area contributed by atoms with Gasteiger partial charge in [0, 0.05) is 18.1 Å². The second kappa shape index (κ2) is 7.72. The lowest BCUT2D eigenvalue weighted by atomic mass is 9.81. The molecule has 7 heteroatoms. The van der Waals surface area contributed by atoms with Crippen molar-refractivity contribution in [1.82, 2.24) is 9.88 Å². The summed E-state index contributed by atoms with van der Waals surface area (Å²) >= 11 is 11.9. The molecule has 3 rings (SSSR count). The molecule has 0 aliphatic heterocycles. The molecule has 1 aliphatic carbocycles. The van der Waals surface area contributed by atoms with Crippen LogP contribution >= 0.6 is 23.2 Å². The second-order valence-corrected chi connectivity index (χ2v) is 7.49. The van der Waals surface area contributed by atoms with Crippen molar-refractivity contribution in [2.24, 2.45) is 7.05 Å². The van der Waals surface area contributed by atoms with E-state index in [4.69, 9.17) is 23.2 Å². The number of pyridine rings is 1. The molecule has 5 nitrogen and oxygen atoms in total. The van der Waals surface area contributed by atoms with E-state index >= 15 is 0 Å². The molecule has 0 bridgehead atoms. The van der Waals surface area contributed by atoms with Crippen molar-refractivity contribution in [3.05, 3.63) is 62.0 Å². The lowest BCUT2D eigenvalue weighted by Crippen LogP contribution is -2.38. The number of halogens is 2. The first-order valence-corrected chi connectivity index (χ1v) is 9.27. The van der Waals surface area contributed by atoms with E-state index in [9.17, 15) is 14.7 Å². The molecule has 2 aromatic rings. The second-order valence-electron chi connectivity index (χ2n) is 6.67. The van der Waals surface area contributed by atoms with Gasteiger partial charge in [0.15, 0.2) is 5.75 Å². The van der Waals surface area contributed by atoms with E-state index in [-0.39, 0.29) is 16.8 Å². The van der Waals surface area contributed by atoms with Gasteiger partial charge in [-0.05, 0) is 55.4 Å². The molecule has 0 spiro atoms. The molecule has 1 heterocycles. The molecule has 0 saturated heterocycles. The van der Waals surface area contributed by atoms with Crippen LogP contribution in [-0.2, 0) is 7.05 Å². The maximum Gasteiger partial charge on any atom is 0.294 e. The number of benzene rings is 1. The third kappa shape index (κ3) is 3.89. The van der Waals surface area contributed by atoms with Crippen LogP contribution < -0.4 is 10.9 Å². The first-order chi connectivity index (χ1) is 12.4. The lowest BCUT2D eigenvalue weighted by molar-refractivity contribution is 0.0922. The number of aromatic hydroxyl groups is 1. The van der Waals surface area contributed by atoms with Gasteiger partial charge in [0.05, 0.1) is 5.56 Å². The molecule has 1 aliphatic rings. The summed E-state index contributed by atoms with van der Waals surface area (Å²) in [6.45, 7) is 0. The topological polar surface area (TPSA) is 71.3 Å². The number of carbonyl (C=O) groups excluding carboxylic acids is 1. The molecular formula is C19H20Cl2N2O3. The van der Waals surface area contributed by atoms with Crippen LogP contribution in [0.2, 0.25) is 10.2 Å². The first-order valence-electron chi connectivity index (χ1n) is 8.51. The molecule has 0 atom stereocenters. The molecule has 0 unspecified atom stereocenters. The molecule has 1 amide bonds. The molecular weight excluding hydrogens is 375 g/mol. The number of rotatable bonds is 3. The molecule has 0 radical (unpaired) electrons. The van der Waals surface area contributed by atoms with E-state index in [1.165, 1.54) is 18.7 Å². The Kier molecular flexibility index (Phi) is 5.58. The largest absolute Gasteiger partial charge is 0.502 e. The number of hydrogen-bond donors (Lipinski definition) is 2. The fourth-order valence-electron chi connectivity index (χ4n) is 3.40. The van der Waals surface area contributed by atoms with Gasteiger partial charge < -0.3 is 10.4 Å². The maximum absolute atomic E-state index is 12.4. The highest BCUT2D eigenvalue weighted by Gasteiger charge is 2.25. The summed E-state index contributed by atoms with van der Waals surface area (Å²) in [4.78, 5) is 24.3. The minimum absolute atomic E-state index is 0.00767. The van der Waals surface area contributed by atoms with E-state index < -0.39 is 17.2 Å². The van der Waals surface area contributed by atoms with E-state index in [0.717, 1.165) is 35.3 Å². The zero-order valence-electron chi connectivity index (χ0n) is 14.3. The number of aromatic nitrogens is 1. The maximum atomic E-state index is 12.4. The summed E-state index contributed by atoms with van der Waals surface area (Å²) in [5.41, 5.74) is 0.488. The summed E-state index contributed by atoms with van der Waals surface area (Å²) in [7, 11) is 1.43. The fraction of sp³-hybridized carbons (Fsp3) is 0.368. The monoisotopic (exact) mass is 394 g/mol. The van der Waals surface area contributed by atoms with Gasteiger partial charge in [0.1, 0.15) is 5.15 Å². The van der Waals surface area contributed by atoms with Crippen molar-refractivity contribution in [1.29, 1.82) is 0 Å². The van der Waals surface area contributed by atoms with Gasteiger partial charge in [-0.25, -0.2) is 0 Å². The average molecular weight is 395 g/mol. The van der Waals surface area contributed by atoms with E-state index in [1.54, 1.807) is 0 Å². The van der Waals surface area contributed by atoms with Crippen LogP contribution in [0.15, 0.2) is 35.1 Å². The highest BCUT2D eigenvalue weighted by Crippen LogP contribution is 2.33. The van der Waals surface area contributed by atoms with Crippen molar-refractivity contribution < 1.29 is 9.90 Å². The van der Waals surface area contributed by atoms with Gasteiger partial charge in [-0.1, -0.05) is 35.3 Å². The Labute approximate surface area is 161 Å². The highest BCUT2D eigenvalue weighted by molar-refractivity contribution is 6.30. The smallest absolute Gasteiger partial charge is 0.294 e. The standard InChI is InChI=1S/C19H20Cl2N2O3/c1-23-16(21)10-15(17(24)19(23)26)18(25)22-14-8-4-12(5-9-14)11-2-6-13(20)7-3-11/h2-3,6-7,10,12,14,24H,4-5,8-9H2,1H3,(H,22,25). The predicted octanol–water partition coefficient (Wildman–Crippen LogP) is 3.85. The molecule has 138 valence electrons. The van der Waals surface area contributed by atoms with Crippen LogP contribution in [0.25, 0.3) is 0 Å². The third-order valence-electron chi connectivity index (χ3n) is 4.99. The number of hydrogen-bond acceptors (Lipinski definition) is 3. The number of amides is 1. The minimum Gasteiger partial charge on any atom is -0.502 e. The molecule has 1 aromatic heterocycles. The minimum atomic E-state index is -0.686. The van der Waals surface area contributed by atoms with Gasteiger partial charge in [0.2, 0.25) is 0 Å². The van der Waals surface area contributed by atoms with E-state index in [1.807, 2.05) is 24.3 Å². The zero-order valence-corrected chi connectivity index (χ0v) is 15.8. The van der Waals surface area contributed by atoms with Crippen LogP contribution in [0.3, 0.4) is 0 Å². The number of carbonyl (C=O) groups is 1. The van der Waals surface area contributed by atoms with E-state index in [0.29, 0.717) is 5.92 Å². The highest BCUT2D eigenvalue weighted by atomic mass is 35.5. The SMILES string of the molecule is Cn1c(Cl)cc(C(=O)NC2CCC(c3ccc(Cl)cc3)CC2)c(O)c1=O. The summed E-state index contributed by atoms with van der Waals surface area (Å²) in [6, 6.07) is 9.21. The van der Waals surface area contributed by atoms with Gasteiger partial charge in [0.25, 0.3) is 11.5 Å². The Morgan fingerprint density at radius 2 is 1.77 bits per heavy atom. The quantitative estimate of drug-likeness (QED) is 0.776. The van der Waals surface area contributed by atoms with Gasteiger partial charge in [-0.2, -0.15) is 0 Å². The summed E-state index contributed by atoms with van der Waals surface area (Å²) in [5, 5.41) is 13.7. The predicted molar refractivity (Wildman–Crippen MR) is 102 cm³/mol. The molecule has 26 heavy (non-hydrogen) atoms. The number of nitrogens with one attached hydrogen (secondary N) is 1. The third-order valence-corrected chi connectivity index (χ3v) is 5.61. The summed E-state index contributed by atoms with van der Waals surface area (Å²) in [6.07, 6.45) is 3.57. The van der Waals surface area contributed by atoms with Crippen LogP contribution in [0.4, 0.5) is 0 Å². The summed E-state index contributed by atoms with van der Waals surface area (Å²) in [5.74, 6) is -0.603. The average Bonchev–Trinajstić information content (AvgIpc) is 2.64. The lowest BCUT2D eigenvalue weighted by Gasteiger charge is -2.29. The van der Waals surface area contributed by atoms with Crippen LogP contribution in [0, 0.1) is 0 Å². The Balaban J connectivity index is 1.64. The van der Waals surface area contributed by atoms with Crippen LogP contribution in [0.5, 0.6) is 5.75 Å². The van der Waals surface area contributed by atoms with Gasteiger partial charge in [-0.3, -0.25) is 14.2 Å². The van der Waals surface area contributed by atoms with Gasteiger partial charge in [-0.15, -0.1) is 0 Å². The van der Waals surface area contributed by atoms with Gasteiger partial charge >= 0.3 is 0 Å². The zero-order chi connectivity index (χ0) is 18.8. The van der Waals surface area contributed by atoms with Crippen molar-refractivity contribution in [2.45, 2.75) is 37.6 Å². The fourth-order valence-corrected chi connectivity index (χ4v) is 3.71. The Bertz CT molecular complexity index is 870. The molecule has 1 saturated carbocycles.